The van der Waals surface area contributed by atoms with E-state index in [2.05, 4.69) is 11.9 Å². The minimum absolute atomic E-state index is 0.0568. The van der Waals surface area contributed by atoms with Gasteiger partial charge in [-0.15, -0.1) is 22.7 Å². The van der Waals surface area contributed by atoms with Crippen LogP contribution in [0.25, 0.3) is 10.2 Å². The molecular weight excluding hydrogens is 348 g/mol. The lowest BCUT2D eigenvalue weighted by Crippen LogP contribution is -2.19. The van der Waals surface area contributed by atoms with Gasteiger partial charge in [-0.2, -0.15) is 0 Å². The fourth-order valence-electron chi connectivity index (χ4n) is 2.22. The SMILES string of the molecule is CCc1ccc(C(=O)CSc2nc3sc(C)cc3c(=O)n2C)s1. The molecule has 3 aromatic heterocycles. The summed E-state index contributed by atoms with van der Waals surface area (Å²) in [7, 11) is 1.70. The van der Waals surface area contributed by atoms with Gasteiger partial charge < -0.3 is 0 Å². The van der Waals surface area contributed by atoms with Crippen molar-refractivity contribution in [1.82, 2.24) is 9.55 Å². The zero-order valence-corrected chi connectivity index (χ0v) is 15.5. The Hall–Kier alpha value is -1.44. The normalized spacial score (nSPS) is 11.3. The number of ketones is 1. The van der Waals surface area contributed by atoms with E-state index in [0.717, 1.165) is 21.0 Å². The molecule has 0 aliphatic carbocycles. The molecule has 0 spiro atoms. The predicted molar refractivity (Wildman–Crippen MR) is 98.3 cm³/mol. The van der Waals surface area contributed by atoms with Gasteiger partial charge in [0.2, 0.25) is 0 Å². The van der Waals surface area contributed by atoms with E-state index in [1.165, 1.54) is 43.9 Å². The topological polar surface area (TPSA) is 52.0 Å². The van der Waals surface area contributed by atoms with Crippen LogP contribution in [0.3, 0.4) is 0 Å². The van der Waals surface area contributed by atoms with Crippen LogP contribution in [0.2, 0.25) is 0 Å². The molecule has 0 radical (unpaired) electrons. The average Bonchev–Trinajstić information content (AvgIpc) is 3.15. The zero-order chi connectivity index (χ0) is 16.6. The van der Waals surface area contributed by atoms with Crippen LogP contribution in [0, 0.1) is 6.92 Å². The van der Waals surface area contributed by atoms with E-state index < -0.39 is 0 Å². The second kappa shape index (κ2) is 6.59. The van der Waals surface area contributed by atoms with Crippen molar-refractivity contribution >= 4 is 50.4 Å². The standard InChI is InChI=1S/C16H16N2O2S3/c1-4-10-5-6-13(23-10)12(19)8-21-16-17-14-11(7-9(2)22-14)15(20)18(16)3/h5-7H,4,8H2,1-3H3. The van der Waals surface area contributed by atoms with Crippen LogP contribution in [-0.4, -0.2) is 21.1 Å². The van der Waals surface area contributed by atoms with E-state index in [1.54, 1.807) is 7.05 Å². The van der Waals surface area contributed by atoms with E-state index >= 15 is 0 Å². The number of fused-ring (bicyclic) bond motifs is 1. The number of nitrogens with zero attached hydrogens (tertiary/aromatic N) is 2. The lowest BCUT2D eigenvalue weighted by Gasteiger charge is -2.05. The van der Waals surface area contributed by atoms with Gasteiger partial charge in [-0.1, -0.05) is 18.7 Å². The first-order chi connectivity index (χ1) is 11.0. The highest BCUT2D eigenvalue weighted by Crippen LogP contribution is 2.25. The number of rotatable bonds is 5. The van der Waals surface area contributed by atoms with Crippen molar-refractivity contribution in [2.45, 2.75) is 25.4 Å². The third-order valence-corrected chi connectivity index (χ3v) is 6.72. The average molecular weight is 365 g/mol. The number of Topliss-reactive ketones (excluding diaryl/α,β-unsaturated/α-hetero) is 1. The fraction of sp³-hybridized carbons (Fsp3) is 0.312. The van der Waals surface area contributed by atoms with E-state index in [-0.39, 0.29) is 11.3 Å². The van der Waals surface area contributed by atoms with E-state index in [0.29, 0.717) is 16.3 Å². The van der Waals surface area contributed by atoms with Crippen LogP contribution < -0.4 is 5.56 Å². The zero-order valence-electron chi connectivity index (χ0n) is 13.1. The summed E-state index contributed by atoms with van der Waals surface area (Å²) in [5, 5.41) is 1.24. The summed E-state index contributed by atoms with van der Waals surface area (Å²) >= 11 is 4.37. The Morgan fingerprint density at radius 2 is 2.13 bits per heavy atom. The van der Waals surface area contributed by atoms with Crippen molar-refractivity contribution in [2.75, 3.05) is 5.75 Å². The molecule has 3 aromatic rings. The fourth-order valence-corrected chi connectivity index (χ4v) is 4.97. The Labute approximate surface area is 146 Å². The molecule has 0 N–H and O–H groups in total. The lowest BCUT2D eigenvalue weighted by atomic mass is 10.3. The van der Waals surface area contributed by atoms with Crippen LogP contribution in [-0.2, 0) is 13.5 Å². The maximum Gasteiger partial charge on any atom is 0.262 e. The highest BCUT2D eigenvalue weighted by Gasteiger charge is 2.14. The molecule has 0 fully saturated rings. The number of thiophene rings is 2. The minimum Gasteiger partial charge on any atom is -0.292 e. The number of hydrogen-bond acceptors (Lipinski definition) is 6. The Morgan fingerprint density at radius 3 is 2.83 bits per heavy atom. The molecule has 3 rings (SSSR count). The lowest BCUT2D eigenvalue weighted by molar-refractivity contribution is 0.102. The van der Waals surface area contributed by atoms with Crippen molar-refractivity contribution in [3.63, 3.8) is 0 Å². The first-order valence-corrected chi connectivity index (χ1v) is 9.83. The van der Waals surface area contributed by atoms with Crippen LogP contribution in [0.1, 0.15) is 26.3 Å². The van der Waals surface area contributed by atoms with Gasteiger partial charge in [-0.05, 0) is 31.5 Å². The van der Waals surface area contributed by atoms with Gasteiger partial charge >= 0.3 is 0 Å². The number of aromatic nitrogens is 2. The smallest absolute Gasteiger partial charge is 0.262 e. The van der Waals surface area contributed by atoms with Crippen LogP contribution in [0.4, 0.5) is 0 Å². The van der Waals surface area contributed by atoms with E-state index in [1.807, 2.05) is 25.1 Å². The largest absolute Gasteiger partial charge is 0.292 e. The number of carbonyl (C=O) groups is 1. The van der Waals surface area contributed by atoms with Gasteiger partial charge in [0.15, 0.2) is 10.9 Å². The first-order valence-electron chi connectivity index (χ1n) is 7.21. The molecule has 0 aromatic carbocycles. The molecule has 0 saturated carbocycles. The Bertz CT molecular complexity index is 937. The van der Waals surface area contributed by atoms with Crippen LogP contribution in [0.5, 0.6) is 0 Å². The molecule has 0 aliphatic heterocycles. The van der Waals surface area contributed by atoms with Crippen molar-refractivity contribution < 1.29 is 4.79 Å². The Morgan fingerprint density at radius 1 is 1.35 bits per heavy atom. The maximum absolute atomic E-state index is 12.4. The van der Waals surface area contributed by atoms with Gasteiger partial charge in [0.05, 0.1) is 16.0 Å². The van der Waals surface area contributed by atoms with Gasteiger partial charge in [-0.3, -0.25) is 14.2 Å². The summed E-state index contributed by atoms with van der Waals surface area (Å²) in [6.07, 6.45) is 0.940. The number of aryl methyl sites for hydroxylation is 2. The molecule has 0 atom stereocenters. The van der Waals surface area contributed by atoms with Gasteiger partial charge in [-0.25, -0.2) is 4.98 Å². The van der Waals surface area contributed by atoms with Gasteiger partial charge in [0, 0.05) is 16.8 Å². The predicted octanol–water partition coefficient (Wildman–Crippen LogP) is 3.90. The van der Waals surface area contributed by atoms with Crippen LogP contribution >= 0.6 is 34.4 Å². The molecular formula is C16H16N2O2S3. The number of hydrogen-bond donors (Lipinski definition) is 0. The minimum atomic E-state index is -0.0568. The van der Waals surface area contributed by atoms with E-state index in [4.69, 9.17) is 0 Å². The number of thioether (sulfide) groups is 1. The Kier molecular flexibility index (Phi) is 4.70. The van der Waals surface area contributed by atoms with Crippen molar-refractivity contribution in [3.8, 4) is 0 Å². The molecule has 3 heterocycles. The molecule has 0 unspecified atom stereocenters. The molecule has 120 valence electrons. The second-order valence-corrected chi connectivity index (χ2v) is 8.51. The first kappa shape index (κ1) is 16.4. The summed E-state index contributed by atoms with van der Waals surface area (Å²) in [4.78, 5) is 33.0. The number of carbonyl (C=O) groups excluding carboxylic acids is 1. The molecule has 4 nitrogen and oxygen atoms in total. The molecule has 0 aliphatic rings. The van der Waals surface area contributed by atoms with Crippen LogP contribution in [0.15, 0.2) is 28.2 Å². The summed E-state index contributed by atoms with van der Waals surface area (Å²) < 4.78 is 1.53. The Balaban J connectivity index is 1.82. The highest BCUT2D eigenvalue weighted by atomic mass is 32.2. The third-order valence-electron chi connectivity index (χ3n) is 3.47. The molecule has 0 bridgehead atoms. The van der Waals surface area contributed by atoms with Crippen molar-refractivity contribution in [3.05, 3.63) is 43.2 Å². The van der Waals surface area contributed by atoms with Crippen molar-refractivity contribution in [1.29, 1.82) is 0 Å². The molecule has 23 heavy (non-hydrogen) atoms. The summed E-state index contributed by atoms with van der Waals surface area (Å²) in [6, 6.07) is 5.74. The highest BCUT2D eigenvalue weighted by molar-refractivity contribution is 7.99. The molecule has 0 saturated heterocycles. The quantitative estimate of drug-likeness (QED) is 0.391. The molecule has 0 amide bonds. The summed E-state index contributed by atoms with van der Waals surface area (Å²) in [5.74, 6) is 0.371. The van der Waals surface area contributed by atoms with Crippen molar-refractivity contribution in [2.24, 2.45) is 7.05 Å². The molecule has 7 heteroatoms. The summed E-state index contributed by atoms with van der Waals surface area (Å²) in [6.45, 7) is 4.04. The monoisotopic (exact) mass is 364 g/mol. The van der Waals surface area contributed by atoms with Gasteiger partial charge in [0.25, 0.3) is 5.56 Å². The third kappa shape index (κ3) is 3.27. The maximum atomic E-state index is 12.4. The summed E-state index contributed by atoms with van der Waals surface area (Å²) in [5.41, 5.74) is -0.0568. The van der Waals surface area contributed by atoms with Gasteiger partial charge in [0.1, 0.15) is 4.83 Å². The second-order valence-electron chi connectivity index (χ2n) is 5.17. The van der Waals surface area contributed by atoms with E-state index in [9.17, 15) is 9.59 Å².